The monoisotopic (exact) mass is 247 g/mol. The van der Waals surface area contributed by atoms with Crippen LogP contribution < -0.4 is 0 Å². The van der Waals surface area contributed by atoms with Gasteiger partial charge in [0.05, 0.1) is 17.4 Å². The van der Waals surface area contributed by atoms with E-state index in [1.807, 2.05) is 0 Å². The Balaban J connectivity index is 2.87. The maximum absolute atomic E-state index is 11.4. The van der Waals surface area contributed by atoms with E-state index in [4.69, 9.17) is 0 Å². The molecule has 0 aliphatic heterocycles. The van der Waals surface area contributed by atoms with Crippen LogP contribution in [0.5, 0.6) is 5.75 Å². The summed E-state index contributed by atoms with van der Waals surface area (Å²) < 4.78 is 4.48. The van der Waals surface area contributed by atoms with Gasteiger partial charge in [-0.1, -0.05) is 18.2 Å². The van der Waals surface area contributed by atoms with Gasteiger partial charge in [0, 0.05) is 11.5 Å². The highest BCUT2D eigenvalue weighted by molar-refractivity contribution is 6.04. The van der Waals surface area contributed by atoms with Crippen LogP contribution in [0.3, 0.4) is 0 Å². The van der Waals surface area contributed by atoms with Crippen molar-refractivity contribution in [3.8, 4) is 5.75 Å². The molecule has 0 fully saturated rings. The molecule has 0 atom stereocenters. The number of phenolic OH excluding ortho intramolecular Hbond substituents is 1. The number of hydrogen-bond acceptors (Lipinski definition) is 5. The number of rotatable bonds is 2. The fourth-order valence-electron chi connectivity index (χ4n) is 1.76. The van der Waals surface area contributed by atoms with Crippen molar-refractivity contribution in [2.24, 2.45) is 0 Å². The predicted octanol–water partition coefficient (Wildman–Crippen LogP) is 2.24. The van der Waals surface area contributed by atoms with Crippen LogP contribution in [0.25, 0.3) is 10.8 Å². The number of non-ortho nitro benzene ring substituents is 1. The Hall–Kier alpha value is -2.63. The second kappa shape index (κ2) is 4.33. The number of nitro benzene ring substituents is 1. The molecule has 0 saturated carbocycles. The maximum atomic E-state index is 11.4. The minimum absolute atomic E-state index is 0.220. The molecule has 0 aromatic heterocycles. The molecule has 2 aromatic carbocycles. The molecule has 0 unspecified atom stereocenters. The number of esters is 1. The minimum Gasteiger partial charge on any atom is -0.506 e. The van der Waals surface area contributed by atoms with Gasteiger partial charge in [-0.2, -0.15) is 0 Å². The lowest BCUT2D eigenvalue weighted by Gasteiger charge is -2.07. The molecule has 0 aliphatic carbocycles. The fourth-order valence-corrected chi connectivity index (χ4v) is 1.76. The zero-order valence-corrected chi connectivity index (χ0v) is 9.41. The Kier molecular flexibility index (Phi) is 2.85. The van der Waals surface area contributed by atoms with Crippen LogP contribution in [-0.2, 0) is 4.74 Å². The molecule has 2 rings (SSSR count). The van der Waals surface area contributed by atoms with E-state index in [0.29, 0.717) is 0 Å². The first kappa shape index (κ1) is 11.8. The van der Waals surface area contributed by atoms with Gasteiger partial charge in [0.25, 0.3) is 5.69 Å². The summed E-state index contributed by atoms with van der Waals surface area (Å²) in [7, 11) is 1.14. The van der Waals surface area contributed by atoms with Crippen LogP contribution in [0.4, 0.5) is 5.69 Å². The van der Waals surface area contributed by atoms with E-state index in [9.17, 15) is 20.0 Å². The van der Waals surface area contributed by atoms with Crippen molar-refractivity contribution in [3.05, 3.63) is 46.0 Å². The number of nitrogens with zero attached hydrogens (tertiary/aromatic N) is 1. The molecule has 6 heteroatoms. The topological polar surface area (TPSA) is 89.7 Å². The molecular formula is C12H9NO5. The van der Waals surface area contributed by atoms with Gasteiger partial charge in [-0.25, -0.2) is 4.79 Å². The molecule has 0 radical (unpaired) electrons. The third kappa shape index (κ3) is 1.73. The average molecular weight is 247 g/mol. The first-order chi connectivity index (χ1) is 8.56. The largest absolute Gasteiger partial charge is 0.506 e. The number of carbonyl (C=O) groups is 1. The summed E-state index contributed by atoms with van der Waals surface area (Å²) in [5.41, 5.74) is -0.466. The Labute approximate surface area is 102 Å². The number of aromatic hydroxyl groups is 1. The third-order valence-electron chi connectivity index (χ3n) is 2.60. The third-order valence-corrected chi connectivity index (χ3v) is 2.60. The molecule has 0 saturated heterocycles. The molecule has 0 aliphatic rings. The van der Waals surface area contributed by atoms with Crippen LogP contribution >= 0.6 is 0 Å². The van der Waals surface area contributed by atoms with Crippen molar-refractivity contribution in [2.45, 2.75) is 0 Å². The maximum Gasteiger partial charge on any atom is 0.341 e. The summed E-state index contributed by atoms with van der Waals surface area (Å²) in [4.78, 5) is 21.8. The van der Waals surface area contributed by atoms with Gasteiger partial charge in [0.1, 0.15) is 11.3 Å². The van der Waals surface area contributed by atoms with Crippen molar-refractivity contribution >= 4 is 22.4 Å². The van der Waals surface area contributed by atoms with Crippen LogP contribution in [-0.4, -0.2) is 23.1 Å². The highest BCUT2D eigenvalue weighted by Crippen LogP contribution is 2.35. The molecule has 0 amide bonds. The highest BCUT2D eigenvalue weighted by atomic mass is 16.6. The van der Waals surface area contributed by atoms with Gasteiger partial charge >= 0.3 is 5.97 Å². The average Bonchev–Trinajstić information content (AvgIpc) is 2.38. The smallest absolute Gasteiger partial charge is 0.341 e. The van der Waals surface area contributed by atoms with Gasteiger partial charge in [-0.15, -0.1) is 0 Å². The van der Waals surface area contributed by atoms with Crippen molar-refractivity contribution in [3.63, 3.8) is 0 Å². The zero-order chi connectivity index (χ0) is 13.3. The van der Waals surface area contributed by atoms with Gasteiger partial charge in [0.2, 0.25) is 0 Å². The molecule has 6 nitrogen and oxygen atoms in total. The number of nitro groups is 1. The summed E-state index contributed by atoms with van der Waals surface area (Å²) >= 11 is 0. The lowest BCUT2D eigenvalue weighted by molar-refractivity contribution is -0.383. The highest BCUT2D eigenvalue weighted by Gasteiger charge is 2.22. The van der Waals surface area contributed by atoms with E-state index in [1.54, 1.807) is 12.1 Å². The molecule has 2 aromatic rings. The fraction of sp³-hybridized carbons (Fsp3) is 0.0833. The number of ether oxygens (including phenoxy) is 1. The molecule has 0 heterocycles. The van der Waals surface area contributed by atoms with Gasteiger partial charge < -0.3 is 9.84 Å². The molecule has 18 heavy (non-hydrogen) atoms. The molecule has 92 valence electrons. The SMILES string of the molecule is COC(=O)c1cc([N+](=O)[O-])c2ccccc2c1O. The van der Waals surface area contributed by atoms with Crippen molar-refractivity contribution in [1.29, 1.82) is 0 Å². The van der Waals surface area contributed by atoms with E-state index >= 15 is 0 Å². The van der Waals surface area contributed by atoms with E-state index in [0.717, 1.165) is 13.2 Å². The number of fused-ring (bicyclic) bond motifs is 1. The Morgan fingerprint density at radius 3 is 2.50 bits per heavy atom. The first-order valence-electron chi connectivity index (χ1n) is 5.03. The van der Waals surface area contributed by atoms with Crippen LogP contribution in [0.2, 0.25) is 0 Å². The summed E-state index contributed by atoms with van der Waals surface area (Å²) in [6, 6.07) is 7.27. The Bertz CT molecular complexity index is 650. The van der Waals surface area contributed by atoms with Gasteiger partial charge in [-0.05, 0) is 6.07 Å². The van der Waals surface area contributed by atoms with Crippen LogP contribution in [0, 0.1) is 10.1 Å². The van der Waals surface area contributed by atoms with Crippen LogP contribution in [0.1, 0.15) is 10.4 Å². The van der Waals surface area contributed by atoms with Crippen LogP contribution in [0.15, 0.2) is 30.3 Å². The summed E-state index contributed by atoms with van der Waals surface area (Å²) in [6.07, 6.45) is 0. The van der Waals surface area contributed by atoms with Gasteiger partial charge in [-0.3, -0.25) is 10.1 Å². The number of carbonyl (C=O) groups excluding carboxylic acids is 1. The first-order valence-corrected chi connectivity index (χ1v) is 5.03. The molecule has 0 spiro atoms. The number of hydrogen-bond donors (Lipinski definition) is 1. The van der Waals surface area contributed by atoms with Gasteiger partial charge in [0.15, 0.2) is 0 Å². The number of phenols is 1. The summed E-state index contributed by atoms with van der Waals surface area (Å²) in [5.74, 6) is -1.13. The van der Waals surface area contributed by atoms with Crippen molar-refractivity contribution in [1.82, 2.24) is 0 Å². The van der Waals surface area contributed by atoms with E-state index in [1.165, 1.54) is 12.1 Å². The summed E-state index contributed by atoms with van der Waals surface area (Å²) in [6.45, 7) is 0. The van der Waals surface area contributed by atoms with E-state index in [-0.39, 0.29) is 27.8 Å². The van der Waals surface area contributed by atoms with Crippen molar-refractivity contribution < 1.29 is 19.6 Å². The zero-order valence-electron chi connectivity index (χ0n) is 9.41. The number of methoxy groups -OCH3 is 1. The standard InChI is InChI=1S/C12H9NO5/c1-18-12(15)9-6-10(13(16)17)7-4-2-3-5-8(7)11(9)14/h2-6,14H,1H3. The second-order valence-electron chi connectivity index (χ2n) is 3.59. The molecule has 0 bridgehead atoms. The lowest BCUT2D eigenvalue weighted by Crippen LogP contribution is -2.03. The second-order valence-corrected chi connectivity index (χ2v) is 3.59. The minimum atomic E-state index is -0.818. The molecule has 1 N–H and O–H groups in total. The normalized spacial score (nSPS) is 10.3. The van der Waals surface area contributed by atoms with E-state index < -0.39 is 10.9 Å². The summed E-state index contributed by atoms with van der Waals surface area (Å²) in [5, 5.41) is 21.4. The quantitative estimate of drug-likeness (QED) is 0.499. The number of benzene rings is 2. The molecular weight excluding hydrogens is 238 g/mol. The van der Waals surface area contributed by atoms with Crippen molar-refractivity contribution in [2.75, 3.05) is 7.11 Å². The Morgan fingerprint density at radius 2 is 1.94 bits per heavy atom. The predicted molar refractivity (Wildman–Crippen MR) is 63.6 cm³/mol. The van der Waals surface area contributed by atoms with E-state index in [2.05, 4.69) is 4.74 Å². The lowest BCUT2D eigenvalue weighted by atomic mass is 10.0. The Morgan fingerprint density at radius 1 is 1.33 bits per heavy atom.